The summed E-state index contributed by atoms with van der Waals surface area (Å²) in [6, 6.07) is 12.7. The van der Waals surface area contributed by atoms with Crippen molar-refractivity contribution in [2.75, 3.05) is 26.2 Å². The molecule has 0 spiro atoms. The molecule has 0 radical (unpaired) electrons. The Morgan fingerprint density at radius 2 is 1.73 bits per heavy atom. The highest BCUT2D eigenvalue weighted by atomic mass is 35.5. The summed E-state index contributed by atoms with van der Waals surface area (Å²) in [5.41, 5.74) is -0.676. The lowest BCUT2D eigenvalue weighted by molar-refractivity contribution is -0.137. The number of piperidine rings is 1. The van der Waals surface area contributed by atoms with Crippen LogP contribution in [0.2, 0.25) is 5.02 Å². The Morgan fingerprint density at radius 3 is 2.30 bits per heavy atom. The predicted octanol–water partition coefficient (Wildman–Crippen LogP) is 6.32. The van der Waals surface area contributed by atoms with E-state index in [-0.39, 0.29) is 11.3 Å². The van der Waals surface area contributed by atoms with Crippen LogP contribution in [0.1, 0.15) is 50.2 Å². The van der Waals surface area contributed by atoms with E-state index in [1.54, 1.807) is 0 Å². The standard InChI is InChI=1S/C26H31ClF3NO2/c1-24(32,25(13-3-14-25)20-5-9-22(27)10-6-20)18-31-15-2-4-19(16-31)17-33-23-11-7-21(8-12-23)26(28,29)30/h5-12,19,32H,2-4,13-18H2,1H3/t19-,24-/m1/s1. The minimum atomic E-state index is -4.34. The van der Waals surface area contributed by atoms with Gasteiger partial charge in [0, 0.05) is 29.4 Å². The lowest BCUT2D eigenvalue weighted by atomic mass is 9.55. The topological polar surface area (TPSA) is 32.7 Å². The first kappa shape index (κ1) is 24.4. The van der Waals surface area contributed by atoms with E-state index < -0.39 is 17.3 Å². The molecule has 2 atom stereocenters. The van der Waals surface area contributed by atoms with Crippen LogP contribution in [0.5, 0.6) is 5.75 Å². The molecule has 0 unspecified atom stereocenters. The zero-order valence-electron chi connectivity index (χ0n) is 18.9. The maximum atomic E-state index is 12.7. The molecule has 1 saturated carbocycles. The van der Waals surface area contributed by atoms with Gasteiger partial charge in [0.2, 0.25) is 0 Å². The molecule has 1 aliphatic carbocycles. The smallest absolute Gasteiger partial charge is 0.416 e. The van der Waals surface area contributed by atoms with Gasteiger partial charge in [-0.1, -0.05) is 30.2 Å². The van der Waals surface area contributed by atoms with E-state index in [0.717, 1.165) is 62.9 Å². The Morgan fingerprint density at radius 1 is 1.06 bits per heavy atom. The van der Waals surface area contributed by atoms with Crippen LogP contribution in [0.4, 0.5) is 13.2 Å². The summed E-state index contributed by atoms with van der Waals surface area (Å²) >= 11 is 6.08. The molecule has 1 aliphatic heterocycles. The summed E-state index contributed by atoms with van der Waals surface area (Å²) < 4.78 is 44.0. The van der Waals surface area contributed by atoms with E-state index in [4.69, 9.17) is 16.3 Å². The van der Waals surface area contributed by atoms with Crippen molar-refractivity contribution in [1.82, 2.24) is 4.90 Å². The second kappa shape index (κ2) is 9.47. The number of benzene rings is 2. The van der Waals surface area contributed by atoms with Crippen LogP contribution in [0.25, 0.3) is 0 Å². The summed E-state index contributed by atoms with van der Waals surface area (Å²) in [4.78, 5) is 2.31. The van der Waals surface area contributed by atoms with Crippen molar-refractivity contribution in [2.45, 2.75) is 56.2 Å². The fraction of sp³-hybridized carbons (Fsp3) is 0.538. The summed E-state index contributed by atoms with van der Waals surface area (Å²) in [7, 11) is 0. The highest BCUT2D eigenvalue weighted by Crippen LogP contribution is 2.51. The number of hydrogen-bond acceptors (Lipinski definition) is 3. The van der Waals surface area contributed by atoms with Gasteiger partial charge in [-0.15, -0.1) is 0 Å². The van der Waals surface area contributed by atoms with Gasteiger partial charge in [0.1, 0.15) is 5.75 Å². The van der Waals surface area contributed by atoms with E-state index in [9.17, 15) is 18.3 Å². The van der Waals surface area contributed by atoms with E-state index in [1.807, 2.05) is 31.2 Å². The average Bonchev–Trinajstić information content (AvgIpc) is 2.72. The zero-order valence-corrected chi connectivity index (χ0v) is 19.6. The molecule has 4 rings (SSSR count). The number of halogens is 4. The van der Waals surface area contributed by atoms with E-state index in [1.165, 1.54) is 12.1 Å². The number of rotatable bonds is 7. The molecule has 2 aliphatic rings. The van der Waals surface area contributed by atoms with E-state index in [0.29, 0.717) is 23.9 Å². The maximum absolute atomic E-state index is 12.7. The molecule has 0 aromatic heterocycles. The first-order valence-corrected chi connectivity index (χ1v) is 12.0. The Balaban J connectivity index is 1.35. The van der Waals surface area contributed by atoms with Gasteiger partial charge in [0.25, 0.3) is 0 Å². The van der Waals surface area contributed by atoms with Crippen LogP contribution >= 0.6 is 11.6 Å². The predicted molar refractivity (Wildman–Crippen MR) is 124 cm³/mol. The van der Waals surface area contributed by atoms with Gasteiger partial charge in [0.05, 0.1) is 17.8 Å². The van der Waals surface area contributed by atoms with Gasteiger partial charge in [-0.05, 0) is 81.1 Å². The van der Waals surface area contributed by atoms with Crippen LogP contribution in [-0.4, -0.2) is 41.8 Å². The summed E-state index contributed by atoms with van der Waals surface area (Å²) in [6.07, 6.45) is 0.671. The highest BCUT2D eigenvalue weighted by molar-refractivity contribution is 6.30. The Bertz CT molecular complexity index is 924. The number of likely N-dealkylation sites (tertiary alicyclic amines) is 1. The summed E-state index contributed by atoms with van der Waals surface area (Å²) in [5.74, 6) is 0.716. The Hall–Kier alpha value is -1.76. The number of hydrogen-bond donors (Lipinski definition) is 1. The maximum Gasteiger partial charge on any atom is 0.416 e. The number of aliphatic hydroxyl groups is 1. The van der Waals surface area contributed by atoms with Gasteiger partial charge in [-0.3, -0.25) is 0 Å². The first-order valence-electron chi connectivity index (χ1n) is 11.6. The second-order valence-corrected chi connectivity index (χ2v) is 10.2. The van der Waals surface area contributed by atoms with Crippen molar-refractivity contribution in [1.29, 1.82) is 0 Å². The van der Waals surface area contributed by atoms with Crippen molar-refractivity contribution in [3.05, 3.63) is 64.7 Å². The molecule has 3 nitrogen and oxygen atoms in total. The number of nitrogens with zero attached hydrogens (tertiary/aromatic N) is 1. The average molecular weight is 482 g/mol. The van der Waals surface area contributed by atoms with Crippen molar-refractivity contribution in [3.63, 3.8) is 0 Å². The molecule has 33 heavy (non-hydrogen) atoms. The molecular formula is C26H31ClF3NO2. The quantitative estimate of drug-likeness (QED) is 0.502. The molecule has 1 N–H and O–H groups in total. The van der Waals surface area contributed by atoms with E-state index >= 15 is 0 Å². The van der Waals surface area contributed by atoms with Gasteiger partial charge < -0.3 is 14.7 Å². The third-order valence-electron chi connectivity index (χ3n) is 7.44. The molecule has 1 heterocycles. The van der Waals surface area contributed by atoms with Crippen molar-refractivity contribution in [2.24, 2.45) is 5.92 Å². The second-order valence-electron chi connectivity index (χ2n) is 9.79. The molecule has 2 aromatic carbocycles. The van der Waals surface area contributed by atoms with Crippen LogP contribution in [0.3, 0.4) is 0 Å². The third-order valence-corrected chi connectivity index (χ3v) is 7.69. The van der Waals surface area contributed by atoms with Crippen LogP contribution in [0.15, 0.2) is 48.5 Å². The van der Waals surface area contributed by atoms with Crippen LogP contribution in [-0.2, 0) is 11.6 Å². The highest BCUT2D eigenvalue weighted by Gasteiger charge is 2.53. The normalized spacial score (nSPS) is 22.9. The number of ether oxygens (including phenoxy) is 1. The molecule has 1 saturated heterocycles. The lowest BCUT2D eigenvalue weighted by Gasteiger charge is -2.54. The minimum absolute atomic E-state index is 0.263. The number of alkyl halides is 3. The van der Waals surface area contributed by atoms with Gasteiger partial charge >= 0.3 is 6.18 Å². The minimum Gasteiger partial charge on any atom is -0.493 e. The fourth-order valence-electron chi connectivity index (χ4n) is 5.41. The molecule has 180 valence electrons. The monoisotopic (exact) mass is 481 g/mol. The van der Waals surface area contributed by atoms with Crippen LogP contribution in [0, 0.1) is 5.92 Å². The van der Waals surface area contributed by atoms with Crippen molar-refractivity contribution in [3.8, 4) is 5.75 Å². The van der Waals surface area contributed by atoms with Gasteiger partial charge in [-0.25, -0.2) is 0 Å². The van der Waals surface area contributed by atoms with Gasteiger partial charge in [0.15, 0.2) is 0 Å². The first-order chi connectivity index (χ1) is 15.6. The summed E-state index contributed by atoms with van der Waals surface area (Å²) in [5, 5.41) is 12.3. The SMILES string of the molecule is C[C@@](O)(CN1CCC[C@@H](COc2ccc(C(F)(F)F)cc2)C1)C1(c2ccc(Cl)cc2)CCC1. The number of β-amino-alcohol motifs (C(OH)–C–C–N with tert-alkyl or cyclic N) is 1. The largest absolute Gasteiger partial charge is 0.493 e. The van der Waals surface area contributed by atoms with E-state index in [2.05, 4.69) is 4.90 Å². The molecular weight excluding hydrogens is 451 g/mol. The third kappa shape index (κ3) is 5.33. The fourth-order valence-corrected chi connectivity index (χ4v) is 5.54. The molecule has 0 amide bonds. The Kier molecular flexibility index (Phi) is 7.00. The summed E-state index contributed by atoms with van der Waals surface area (Å²) in [6.45, 7) is 4.69. The lowest BCUT2D eigenvalue weighted by Crippen LogP contribution is -2.60. The van der Waals surface area contributed by atoms with Crippen molar-refractivity contribution >= 4 is 11.6 Å². The molecule has 7 heteroatoms. The van der Waals surface area contributed by atoms with Crippen molar-refractivity contribution < 1.29 is 23.0 Å². The Labute approximate surface area is 198 Å². The molecule has 2 fully saturated rings. The van der Waals surface area contributed by atoms with Crippen LogP contribution < -0.4 is 4.74 Å². The van der Waals surface area contributed by atoms with Gasteiger partial charge in [-0.2, -0.15) is 13.2 Å². The molecule has 2 aromatic rings. The molecule has 0 bridgehead atoms. The zero-order chi connectivity index (χ0) is 23.7.